The van der Waals surface area contributed by atoms with E-state index in [-0.39, 0.29) is 0 Å². The van der Waals surface area contributed by atoms with Gasteiger partial charge in [0.05, 0.1) is 5.70 Å². The quantitative estimate of drug-likeness (QED) is 0.760. The highest BCUT2D eigenvalue weighted by molar-refractivity contribution is 6.30. The van der Waals surface area contributed by atoms with E-state index in [1.165, 1.54) is 0 Å². The van der Waals surface area contributed by atoms with Crippen molar-refractivity contribution in [2.75, 3.05) is 7.05 Å². The Kier molecular flexibility index (Phi) is 2.22. The van der Waals surface area contributed by atoms with E-state index >= 15 is 0 Å². The van der Waals surface area contributed by atoms with Crippen LogP contribution >= 0.6 is 11.6 Å². The maximum absolute atomic E-state index is 5.92. The summed E-state index contributed by atoms with van der Waals surface area (Å²) in [6.45, 7) is 3.86. The minimum absolute atomic E-state index is 0.745. The molecule has 1 heterocycles. The number of nitrogens with one attached hydrogen (secondary N) is 1. The van der Waals surface area contributed by atoms with Gasteiger partial charge in [0.25, 0.3) is 0 Å². The molecule has 0 atom stereocenters. The van der Waals surface area contributed by atoms with Crippen molar-refractivity contribution in [3.63, 3.8) is 0 Å². The highest BCUT2D eigenvalue weighted by Crippen LogP contribution is 2.25. The Morgan fingerprint density at radius 3 is 2.79 bits per heavy atom. The Balaban J connectivity index is 2.37. The molecule has 14 heavy (non-hydrogen) atoms. The van der Waals surface area contributed by atoms with Crippen LogP contribution in [0.3, 0.4) is 0 Å². The summed E-state index contributed by atoms with van der Waals surface area (Å²) in [5.74, 6) is 0.875. The molecule has 0 saturated heterocycles. The van der Waals surface area contributed by atoms with Gasteiger partial charge >= 0.3 is 0 Å². The lowest BCUT2D eigenvalue weighted by Gasteiger charge is -2.16. The second-order valence-electron chi connectivity index (χ2n) is 3.19. The molecule has 0 unspecified atom stereocenters. The van der Waals surface area contributed by atoms with E-state index in [2.05, 4.69) is 11.9 Å². The topological polar surface area (TPSA) is 15.3 Å². The van der Waals surface area contributed by atoms with Gasteiger partial charge in [0.1, 0.15) is 5.82 Å². The Morgan fingerprint density at radius 1 is 1.43 bits per heavy atom. The first-order chi connectivity index (χ1) is 6.68. The van der Waals surface area contributed by atoms with Crippen LogP contribution in [-0.4, -0.2) is 11.9 Å². The molecule has 0 radical (unpaired) electrons. The zero-order valence-electron chi connectivity index (χ0n) is 7.92. The summed E-state index contributed by atoms with van der Waals surface area (Å²) < 4.78 is 0. The molecule has 0 fully saturated rings. The monoisotopic (exact) mass is 206 g/mol. The molecule has 0 aliphatic carbocycles. The van der Waals surface area contributed by atoms with E-state index in [1.54, 1.807) is 0 Å². The van der Waals surface area contributed by atoms with Crippen LogP contribution in [0.5, 0.6) is 0 Å². The molecule has 1 aromatic rings. The van der Waals surface area contributed by atoms with Gasteiger partial charge in [0.2, 0.25) is 0 Å². The number of halogens is 1. The second kappa shape index (κ2) is 3.39. The van der Waals surface area contributed by atoms with Crippen LogP contribution in [-0.2, 0) is 0 Å². The fraction of sp³-hybridized carbons (Fsp3) is 0.0909. The predicted molar refractivity (Wildman–Crippen MR) is 59.5 cm³/mol. The van der Waals surface area contributed by atoms with Gasteiger partial charge in [-0.1, -0.05) is 30.3 Å². The molecular formula is C11H11ClN2. The third kappa shape index (κ3) is 1.49. The Hall–Kier alpha value is -1.41. The molecule has 0 bridgehead atoms. The molecule has 2 rings (SSSR count). The molecule has 1 aromatic carbocycles. The first kappa shape index (κ1) is 9.16. The summed E-state index contributed by atoms with van der Waals surface area (Å²) in [5.41, 5.74) is 2.17. The van der Waals surface area contributed by atoms with Gasteiger partial charge in [-0.25, -0.2) is 0 Å². The zero-order valence-corrected chi connectivity index (χ0v) is 8.67. The summed E-state index contributed by atoms with van der Waals surface area (Å²) in [6, 6.07) is 7.76. The Labute approximate surface area is 88.5 Å². The third-order valence-electron chi connectivity index (χ3n) is 2.26. The zero-order chi connectivity index (χ0) is 10.1. The van der Waals surface area contributed by atoms with Gasteiger partial charge in [-0.15, -0.1) is 0 Å². The van der Waals surface area contributed by atoms with Crippen LogP contribution in [0, 0.1) is 0 Å². The number of rotatable bonds is 1. The fourth-order valence-electron chi connectivity index (χ4n) is 1.42. The SMILES string of the molecule is C=C1NC=C(c2cccc(Cl)c2)N1C. The van der Waals surface area contributed by atoms with Crippen molar-refractivity contribution < 1.29 is 0 Å². The Bertz CT molecular complexity index is 410. The minimum atomic E-state index is 0.745. The number of hydrogen-bond acceptors (Lipinski definition) is 2. The lowest BCUT2D eigenvalue weighted by molar-refractivity contribution is 0.596. The summed E-state index contributed by atoms with van der Waals surface area (Å²) in [5, 5.41) is 3.81. The highest BCUT2D eigenvalue weighted by atomic mass is 35.5. The highest BCUT2D eigenvalue weighted by Gasteiger charge is 2.15. The lowest BCUT2D eigenvalue weighted by atomic mass is 10.1. The van der Waals surface area contributed by atoms with Crippen LogP contribution in [0.2, 0.25) is 5.02 Å². The van der Waals surface area contributed by atoms with Gasteiger partial charge in [-0.3, -0.25) is 0 Å². The molecule has 0 aromatic heterocycles. The average molecular weight is 207 g/mol. The van der Waals surface area contributed by atoms with Crippen molar-refractivity contribution in [3.8, 4) is 0 Å². The second-order valence-corrected chi connectivity index (χ2v) is 3.63. The smallest absolute Gasteiger partial charge is 0.102 e. The van der Waals surface area contributed by atoms with Crippen molar-refractivity contribution in [2.45, 2.75) is 0 Å². The molecule has 72 valence electrons. The van der Waals surface area contributed by atoms with E-state index < -0.39 is 0 Å². The predicted octanol–water partition coefficient (Wildman–Crippen LogP) is 2.64. The van der Waals surface area contributed by atoms with E-state index in [0.717, 1.165) is 22.1 Å². The van der Waals surface area contributed by atoms with Gasteiger partial charge in [0, 0.05) is 23.8 Å². The molecule has 0 spiro atoms. The summed E-state index contributed by atoms with van der Waals surface area (Å²) in [7, 11) is 1.97. The molecule has 2 nitrogen and oxygen atoms in total. The van der Waals surface area contributed by atoms with Crippen LogP contribution in [0.25, 0.3) is 5.70 Å². The number of nitrogens with zero attached hydrogens (tertiary/aromatic N) is 1. The summed E-state index contributed by atoms with van der Waals surface area (Å²) in [4.78, 5) is 1.99. The molecule has 0 saturated carbocycles. The number of benzene rings is 1. The molecule has 3 heteroatoms. The first-order valence-corrected chi connectivity index (χ1v) is 4.71. The van der Waals surface area contributed by atoms with Gasteiger partial charge in [0.15, 0.2) is 0 Å². The van der Waals surface area contributed by atoms with Gasteiger partial charge in [-0.2, -0.15) is 0 Å². The maximum Gasteiger partial charge on any atom is 0.102 e. The molecule has 1 aliphatic heterocycles. The van der Waals surface area contributed by atoms with Crippen molar-refractivity contribution >= 4 is 17.3 Å². The minimum Gasteiger partial charge on any atom is -0.346 e. The van der Waals surface area contributed by atoms with Gasteiger partial charge in [-0.05, 0) is 12.1 Å². The van der Waals surface area contributed by atoms with E-state index in [1.807, 2.05) is 42.4 Å². The summed E-state index contributed by atoms with van der Waals surface area (Å²) >= 11 is 5.92. The Morgan fingerprint density at radius 2 is 2.21 bits per heavy atom. The van der Waals surface area contributed by atoms with E-state index in [0.29, 0.717) is 0 Å². The van der Waals surface area contributed by atoms with Crippen molar-refractivity contribution in [2.24, 2.45) is 0 Å². The average Bonchev–Trinajstić information content (AvgIpc) is 2.48. The summed E-state index contributed by atoms with van der Waals surface area (Å²) in [6.07, 6.45) is 1.92. The lowest BCUT2D eigenvalue weighted by Crippen LogP contribution is -2.14. The molecule has 1 aliphatic rings. The van der Waals surface area contributed by atoms with Crippen molar-refractivity contribution in [1.82, 2.24) is 10.2 Å². The number of hydrogen-bond donors (Lipinski definition) is 1. The van der Waals surface area contributed by atoms with Crippen LogP contribution in [0.4, 0.5) is 0 Å². The largest absolute Gasteiger partial charge is 0.346 e. The maximum atomic E-state index is 5.92. The normalized spacial score (nSPS) is 15.4. The first-order valence-electron chi connectivity index (χ1n) is 4.34. The standard InChI is InChI=1S/C11H11ClN2/c1-8-13-7-11(14(8)2)9-4-3-5-10(12)6-9/h3-7,13H,1H2,2H3. The van der Waals surface area contributed by atoms with E-state index in [4.69, 9.17) is 11.6 Å². The van der Waals surface area contributed by atoms with Crippen molar-refractivity contribution in [3.05, 3.63) is 53.5 Å². The van der Waals surface area contributed by atoms with Crippen LogP contribution in [0.15, 0.2) is 42.9 Å². The fourth-order valence-corrected chi connectivity index (χ4v) is 1.61. The molecule has 0 amide bonds. The molecular weight excluding hydrogens is 196 g/mol. The van der Waals surface area contributed by atoms with E-state index in [9.17, 15) is 0 Å². The van der Waals surface area contributed by atoms with Crippen LogP contribution in [0.1, 0.15) is 5.56 Å². The molecule has 1 N–H and O–H groups in total. The van der Waals surface area contributed by atoms with Crippen LogP contribution < -0.4 is 5.32 Å². The van der Waals surface area contributed by atoms with Crippen molar-refractivity contribution in [1.29, 1.82) is 0 Å². The third-order valence-corrected chi connectivity index (χ3v) is 2.50. The van der Waals surface area contributed by atoms with Gasteiger partial charge < -0.3 is 10.2 Å².